The summed E-state index contributed by atoms with van der Waals surface area (Å²) in [6.07, 6.45) is 1.64. The SMILES string of the molecule is COc1ccc(OC)c(-c2ccc3c(c2)CCC(C)N3C(=O)c2ccc(O)cc2O)c1. The van der Waals surface area contributed by atoms with E-state index < -0.39 is 0 Å². The van der Waals surface area contributed by atoms with Crippen LogP contribution < -0.4 is 14.4 Å². The van der Waals surface area contributed by atoms with Gasteiger partial charge in [0.15, 0.2) is 0 Å². The summed E-state index contributed by atoms with van der Waals surface area (Å²) < 4.78 is 10.9. The number of phenols is 2. The normalized spacial score (nSPS) is 15.3. The van der Waals surface area contributed by atoms with Crippen LogP contribution in [-0.4, -0.2) is 36.4 Å². The lowest BCUT2D eigenvalue weighted by atomic mass is 9.92. The minimum absolute atomic E-state index is 0.0228. The number of hydrogen-bond acceptors (Lipinski definition) is 5. The molecule has 0 spiro atoms. The number of phenolic OH excluding ortho intramolecular Hbond substituents is 2. The standard InChI is InChI=1S/C25H25NO5/c1-15-4-5-17-12-16(21-14-19(30-2)8-11-24(21)31-3)6-10-22(17)26(15)25(29)20-9-7-18(27)13-23(20)28/h6-15,27-28H,4-5H2,1-3H3. The van der Waals surface area contributed by atoms with Crippen molar-refractivity contribution in [1.29, 1.82) is 0 Å². The highest BCUT2D eigenvalue weighted by Gasteiger charge is 2.30. The summed E-state index contributed by atoms with van der Waals surface area (Å²) in [4.78, 5) is 15.0. The van der Waals surface area contributed by atoms with Crippen LogP contribution >= 0.6 is 0 Å². The predicted molar refractivity (Wildman–Crippen MR) is 119 cm³/mol. The van der Waals surface area contributed by atoms with Gasteiger partial charge >= 0.3 is 0 Å². The second kappa shape index (κ2) is 8.22. The number of anilines is 1. The molecule has 3 aromatic carbocycles. The van der Waals surface area contributed by atoms with Crippen LogP contribution in [0.1, 0.15) is 29.3 Å². The molecule has 0 bridgehead atoms. The smallest absolute Gasteiger partial charge is 0.262 e. The molecule has 1 unspecified atom stereocenters. The average Bonchev–Trinajstić information content (AvgIpc) is 2.77. The van der Waals surface area contributed by atoms with Crippen LogP contribution in [-0.2, 0) is 6.42 Å². The van der Waals surface area contributed by atoms with Gasteiger partial charge in [-0.15, -0.1) is 0 Å². The van der Waals surface area contributed by atoms with Gasteiger partial charge in [-0.3, -0.25) is 4.79 Å². The van der Waals surface area contributed by atoms with E-state index in [9.17, 15) is 15.0 Å². The first-order chi connectivity index (χ1) is 14.9. The molecule has 31 heavy (non-hydrogen) atoms. The lowest BCUT2D eigenvalue weighted by molar-refractivity contribution is 0.0972. The van der Waals surface area contributed by atoms with E-state index in [4.69, 9.17) is 9.47 Å². The van der Waals surface area contributed by atoms with Crippen LogP contribution in [0.2, 0.25) is 0 Å². The highest BCUT2D eigenvalue weighted by Crippen LogP contribution is 2.39. The summed E-state index contributed by atoms with van der Waals surface area (Å²) in [7, 11) is 3.26. The molecule has 0 aromatic heterocycles. The van der Waals surface area contributed by atoms with E-state index in [0.29, 0.717) is 0 Å². The molecule has 160 valence electrons. The van der Waals surface area contributed by atoms with Crippen LogP contribution in [0.25, 0.3) is 11.1 Å². The predicted octanol–water partition coefficient (Wildman–Crippen LogP) is 4.76. The third-order valence-corrected chi connectivity index (χ3v) is 5.76. The Balaban J connectivity index is 1.76. The third kappa shape index (κ3) is 3.77. The topological polar surface area (TPSA) is 79.2 Å². The molecule has 1 heterocycles. The van der Waals surface area contributed by atoms with Gasteiger partial charge in [-0.25, -0.2) is 0 Å². The zero-order valence-electron chi connectivity index (χ0n) is 17.8. The number of amides is 1. The molecular weight excluding hydrogens is 394 g/mol. The quantitative estimate of drug-likeness (QED) is 0.637. The second-order valence-electron chi connectivity index (χ2n) is 7.67. The first kappa shape index (κ1) is 20.6. The fraction of sp³-hybridized carbons (Fsp3) is 0.240. The number of carbonyl (C=O) groups excluding carboxylic acids is 1. The van der Waals surface area contributed by atoms with Gasteiger partial charge in [0.25, 0.3) is 5.91 Å². The van der Waals surface area contributed by atoms with Crippen molar-refractivity contribution in [3.63, 3.8) is 0 Å². The van der Waals surface area contributed by atoms with Crippen LogP contribution in [0.3, 0.4) is 0 Å². The van der Waals surface area contributed by atoms with Crippen molar-refractivity contribution in [1.82, 2.24) is 0 Å². The van der Waals surface area contributed by atoms with E-state index in [1.807, 2.05) is 37.3 Å². The molecule has 1 aliphatic heterocycles. The Morgan fingerprint density at radius 1 is 1.00 bits per heavy atom. The van der Waals surface area contributed by atoms with E-state index in [2.05, 4.69) is 6.07 Å². The van der Waals surface area contributed by atoms with Crippen molar-refractivity contribution in [3.05, 3.63) is 65.7 Å². The monoisotopic (exact) mass is 419 g/mol. The molecule has 1 aliphatic rings. The summed E-state index contributed by atoms with van der Waals surface area (Å²) in [5.74, 6) is 0.867. The first-order valence-electron chi connectivity index (χ1n) is 10.1. The molecule has 2 N–H and O–H groups in total. The van der Waals surface area contributed by atoms with E-state index in [1.54, 1.807) is 19.1 Å². The Morgan fingerprint density at radius 2 is 1.81 bits per heavy atom. The van der Waals surface area contributed by atoms with Crippen molar-refractivity contribution in [2.75, 3.05) is 19.1 Å². The van der Waals surface area contributed by atoms with Gasteiger partial charge < -0.3 is 24.6 Å². The van der Waals surface area contributed by atoms with E-state index >= 15 is 0 Å². The minimum atomic E-state index is -0.294. The average molecular weight is 419 g/mol. The number of benzene rings is 3. The highest BCUT2D eigenvalue weighted by molar-refractivity contribution is 6.09. The van der Waals surface area contributed by atoms with Crippen LogP contribution in [0.5, 0.6) is 23.0 Å². The lowest BCUT2D eigenvalue weighted by Gasteiger charge is -2.36. The molecule has 0 aliphatic carbocycles. The van der Waals surface area contributed by atoms with Crippen LogP contribution in [0, 0.1) is 0 Å². The molecule has 6 nitrogen and oxygen atoms in total. The van der Waals surface area contributed by atoms with Gasteiger partial charge in [0.1, 0.15) is 23.0 Å². The molecular formula is C25H25NO5. The maximum atomic E-state index is 13.3. The molecule has 0 fully saturated rings. The van der Waals surface area contributed by atoms with Crippen molar-refractivity contribution in [2.24, 2.45) is 0 Å². The Morgan fingerprint density at radius 3 is 2.52 bits per heavy atom. The van der Waals surface area contributed by atoms with Gasteiger partial charge in [0.2, 0.25) is 0 Å². The van der Waals surface area contributed by atoms with E-state index in [0.717, 1.165) is 46.7 Å². The number of aryl methyl sites for hydroxylation is 1. The van der Waals surface area contributed by atoms with Crippen molar-refractivity contribution < 1.29 is 24.5 Å². The van der Waals surface area contributed by atoms with Crippen LogP contribution in [0.4, 0.5) is 5.69 Å². The van der Waals surface area contributed by atoms with E-state index in [1.165, 1.54) is 18.2 Å². The van der Waals surface area contributed by atoms with Crippen molar-refractivity contribution in [2.45, 2.75) is 25.8 Å². The van der Waals surface area contributed by atoms with Crippen molar-refractivity contribution in [3.8, 4) is 34.1 Å². The molecule has 4 rings (SSSR count). The van der Waals surface area contributed by atoms with Gasteiger partial charge in [-0.2, -0.15) is 0 Å². The van der Waals surface area contributed by atoms with Crippen LogP contribution in [0.15, 0.2) is 54.6 Å². The van der Waals surface area contributed by atoms with Gasteiger partial charge in [0, 0.05) is 23.4 Å². The number of nitrogens with zero attached hydrogens (tertiary/aromatic N) is 1. The summed E-state index contributed by atoms with van der Waals surface area (Å²) in [6.45, 7) is 2.00. The summed E-state index contributed by atoms with van der Waals surface area (Å²) in [6, 6.07) is 15.7. The number of carbonyl (C=O) groups is 1. The zero-order chi connectivity index (χ0) is 22.1. The highest BCUT2D eigenvalue weighted by atomic mass is 16.5. The molecule has 1 atom stereocenters. The van der Waals surface area contributed by atoms with Crippen molar-refractivity contribution >= 4 is 11.6 Å². The largest absolute Gasteiger partial charge is 0.508 e. The molecule has 0 saturated heterocycles. The Bertz CT molecular complexity index is 1140. The number of fused-ring (bicyclic) bond motifs is 1. The van der Waals surface area contributed by atoms with Gasteiger partial charge in [-0.05, 0) is 73.4 Å². The summed E-state index contributed by atoms with van der Waals surface area (Å²) in [5.41, 5.74) is 3.92. The third-order valence-electron chi connectivity index (χ3n) is 5.76. The molecule has 6 heteroatoms. The maximum Gasteiger partial charge on any atom is 0.262 e. The summed E-state index contributed by atoms with van der Waals surface area (Å²) in [5, 5.41) is 19.7. The Labute approximate surface area is 181 Å². The van der Waals surface area contributed by atoms with Gasteiger partial charge in [0.05, 0.1) is 19.8 Å². The molecule has 1 amide bonds. The number of methoxy groups -OCH3 is 2. The maximum absolute atomic E-state index is 13.3. The number of hydrogen-bond donors (Lipinski definition) is 2. The lowest BCUT2D eigenvalue weighted by Crippen LogP contribution is -2.42. The minimum Gasteiger partial charge on any atom is -0.508 e. The molecule has 0 saturated carbocycles. The Hall–Kier alpha value is -3.67. The Kier molecular flexibility index (Phi) is 5.46. The second-order valence-corrected chi connectivity index (χ2v) is 7.67. The number of aromatic hydroxyl groups is 2. The zero-order valence-corrected chi connectivity index (χ0v) is 17.8. The molecule has 3 aromatic rings. The fourth-order valence-electron chi connectivity index (χ4n) is 4.10. The number of rotatable bonds is 4. The molecule has 0 radical (unpaired) electrons. The number of ether oxygens (including phenoxy) is 2. The summed E-state index contributed by atoms with van der Waals surface area (Å²) >= 11 is 0. The van der Waals surface area contributed by atoms with Gasteiger partial charge in [-0.1, -0.05) is 6.07 Å². The van der Waals surface area contributed by atoms with E-state index in [-0.39, 0.29) is 29.0 Å². The fourth-order valence-corrected chi connectivity index (χ4v) is 4.10. The first-order valence-corrected chi connectivity index (χ1v) is 10.1.